The maximum absolute atomic E-state index is 13.8. The summed E-state index contributed by atoms with van der Waals surface area (Å²) >= 11 is 0. The molecule has 0 radical (unpaired) electrons. The minimum Gasteiger partial charge on any atom is -0.508 e. The van der Waals surface area contributed by atoms with Crippen molar-refractivity contribution >= 4 is 28.8 Å². The van der Waals surface area contributed by atoms with Gasteiger partial charge in [0, 0.05) is 19.3 Å². The Hall–Kier alpha value is -5.96. The molecule has 284 valence electrons. The fraction of sp³-hybridized carbons (Fsp3) is 0.304. The highest BCUT2D eigenvalue weighted by Gasteiger charge is 2.50. The van der Waals surface area contributed by atoms with Crippen molar-refractivity contribution in [1.29, 1.82) is 0 Å². The lowest BCUT2D eigenvalue weighted by atomic mass is 9.56. The van der Waals surface area contributed by atoms with Gasteiger partial charge in [-0.1, -0.05) is 72.8 Å². The number of hydrogen-bond donors (Lipinski definition) is 3. The molecule has 0 bridgehead atoms. The molecule has 7 rings (SSSR count). The molecule has 0 amide bonds. The average molecular weight is 743 g/mol. The number of esters is 2. The van der Waals surface area contributed by atoms with E-state index in [1.165, 1.54) is 21.1 Å². The molecule has 0 saturated heterocycles. The normalized spacial score (nSPS) is 22.2. The molecular weight excluding hydrogens is 696 g/mol. The van der Waals surface area contributed by atoms with E-state index < -0.39 is 29.6 Å². The molecule has 5 atom stereocenters. The van der Waals surface area contributed by atoms with E-state index >= 15 is 0 Å². The molecule has 9 heteroatoms. The second-order valence-corrected chi connectivity index (χ2v) is 14.9. The second-order valence-electron chi connectivity index (χ2n) is 14.9. The van der Waals surface area contributed by atoms with Crippen molar-refractivity contribution in [3.8, 4) is 28.7 Å². The van der Waals surface area contributed by atoms with Gasteiger partial charge >= 0.3 is 11.9 Å². The zero-order valence-electron chi connectivity index (χ0n) is 31.2. The van der Waals surface area contributed by atoms with Gasteiger partial charge in [-0.3, -0.25) is 9.59 Å². The van der Waals surface area contributed by atoms with Crippen LogP contribution in [0.15, 0.2) is 103 Å². The third-order valence-corrected chi connectivity index (χ3v) is 11.3. The summed E-state index contributed by atoms with van der Waals surface area (Å²) in [4.78, 5) is 26.7. The van der Waals surface area contributed by atoms with Gasteiger partial charge < -0.3 is 34.3 Å². The molecule has 9 nitrogen and oxygen atoms in total. The van der Waals surface area contributed by atoms with Crippen LogP contribution in [0, 0.1) is 11.3 Å². The number of methoxy groups -OCH3 is 2. The quantitative estimate of drug-likeness (QED) is 0.127. The molecule has 5 aromatic rings. The Kier molecular flexibility index (Phi) is 10.7. The number of hydrogen-bond acceptors (Lipinski definition) is 9. The van der Waals surface area contributed by atoms with Gasteiger partial charge in [0.25, 0.3) is 0 Å². The van der Waals surface area contributed by atoms with E-state index in [2.05, 4.69) is 12.2 Å². The summed E-state index contributed by atoms with van der Waals surface area (Å²) in [6, 6.07) is 29.8. The molecule has 0 aliphatic heterocycles. The third-order valence-electron chi connectivity index (χ3n) is 11.3. The Labute approximate surface area is 320 Å². The highest BCUT2D eigenvalue weighted by atomic mass is 16.6. The summed E-state index contributed by atoms with van der Waals surface area (Å²) in [5, 5.41) is 33.1. The SMILES string of the molecule is COc1cc([C@@H]2C[C@H](OC(=O)Cc3ccc4cc(O)ccc4c3)C[C@H](OC(C)=O)[C@@H]3Cc4cc(OC)c(O)cc4C[C@]3(C=Cc3ccccc3)C2)ccc1O. The molecule has 2 aliphatic rings. The van der Waals surface area contributed by atoms with Crippen molar-refractivity contribution in [1.82, 2.24) is 0 Å². The van der Waals surface area contributed by atoms with Crippen molar-refractivity contribution in [3.63, 3.8) is 0 Å². The van der Waals surface area contributed by atoms with Crippen LogP contribution in [0.4, 0.5) is 0 Å². The number of carbonyl (C=O) groups is 2. The highest BCUT2D eigenvalue weighted by molar-refractivity contribution is 5.85. The second kappa shape index (κ2) is 15.8. The Morgan fingerprint density at radius 2 is 1.53 bits per heavy atom. The van der Waals surface area contributed by atoms with Crippen LogP contribution < -0.4 is 9.47 Å². The Morgan fingerprint density at radius 3 is 2.29 bits per heavy atom. The van der Waals surface area contributed by atoms with Gasteiger partial charge in [-0.15, -0.1) is 0 Å². The van der Waals surface area contributed by atoms with E-state index in [0.717, 1.165) is 38.6 Å². The number of aromatic hydroxyl groups is 3. The number of fused-ring (bicyclic) bond motifs is 3. The fourth-order valence-corrected chi connectivity index (χ4v) is 8.71. The lowest BCUT2D eigenvalue weighted by Crippen LogP contribution is -2.49. The van der Waals surface area contributed by atoms with Gasteiger partial charge in [0.05, 0.1) is 20.6 Å². The van der Waals surface area contributed by atoms with Crippen LogP contribution in [-0.2, 0) is 38.3 Å². The van der Waals surface area contributed by atoms with Crippen LogP contribution in [0.2, 0.25) is 0 Å². The first-order valence-electron chi connectivity index (χ1n) is 18.6. The number of allylic oxidation sites excluding steroid dienone is 1. The largest absolute Gasteiger partial charge is 0.508 e. The van der Waals surface area contributed by atoms with Crippen molar-refractivity contribution < 1.29 is 43.9 Å². The number of phenolic OH excluding ortho intramolecular Hbond substituents is 3. The predicted molar refractivity (Wildman–Crippen MR) is 209 cm³/mol. The van der Waals surface area contributed by atoms with E-state index in [4.69, 9.17) is 18.9 Å². The molecule has 0 spiro atoms. The lowest BCUT2D eigenvalue weighted by Gasteiger charge is -2.50. The van der Waals surface area contributed by atoms with E-state index in [9.17, 15) is 24.9 Å². The first-order valence-corrected chi connectivity index (χ1v) is 18.6. The minimum atomic E-state index is -0.620. The summed E-state index contributed by atoms with van der Waals surface area (Å²) in [5.74, 6) is -0.309. The van der Waals surface area contributed by atoms with Gasteiger partial charge in [-0.2, -0.15) is 0 Å². The average Bonchev–Trinajstić information content (AvgIpc) is 3.16. The van der Waals surface area contributed by atoms with Gasteiger partial charge in [0.2, 0.25) is 0 Å². The molecule has 0 heterocycles. The first-order chi connectivity index (χ1) is 26.5. The van der Waals surface area contributed by atoms with Gasteiger partial charge in [-0.25, -0.2) is 0 Å². The Bertz CT molecular complexity index is 2230. The molecule has 5 aromatic carbocycles. The molecule has 55 heavy (non-hydrogen) atoms. The smallest absolute Gasteiger partial charge is 0.310 e. The zero-order valence-corrected chi connectivity index (χ0v) is 31.2. The molecular formula is C46H46O9. The maximum atomic E-state index is 13.8. The standard InChI is InChI=1S/C46H46O9/c1-28(47)54-42-25-38(55-45(51)18-30-9-10-32-19-37(48)13-11-31(32)17-30)20-35(33-12-14-40(49)43(23-33)52-2)26-46(16-15-29-7-5-4-6-8-29)27-36-22-41(50)44(53-3)24-34(36)21-39(42)46/h4-17,19,22-24,35,38-39,42,48-50H,18,20-21,25-27H2,1-3H3/t35-,38+,39+,42+,46+/m1/s1. The molecule has 0 unspecified atom stereocenters. The topological polar surface area (TPSA) is 132 Å². The molecule has 3 N–H and O–H groups in total. The van der Waals surface area contributed by atoms with Gasteiger partial charge in [-0.05, 0) is 112 Å². The van der Waals surface area contributed by atoms with Gasteiger partial charge in [0.15, 0.2) is 23.0 Å². The maximum Gasteiger partial charge on any atom is 0.310 e. The van der Waals surface area contributed by atoms with Crippen molar-refractivity contribution in [2.45, 2.75) is 63.6 Å². The van der Waals surface area contributed by atoms with Crippen LogP contribution in [0.1, 0.15) is 59.9 Å². The van der Waals surface area contributed by atoms with E-state index in [0.29, 0.717) is 37.2 Å². The molecule has 2 aliphatic carbocycles. The summed E-state index contributed by atoms with van der Waals surface area (Å²) in [5.41, 5.74) is 4.08. The third kappa shape index (κ3) is 8.26. The molecule has 1 fully saturated rings. The zero-order chi connectivity index (χ0) is 38.7. The first kappa shape index (κ1) is 37.4. The number of benzene rings is 5. The van der Waals surface area contributed by atoms with Crippen LogP contribution in [0.3, 0.4) is 0 Å². The summed E-state index contributed by atoms with van der Waals surface area (Å²) in [7, 11) is 3.03. The van der Waals surface area contributed by atoms with E-state index in [1.807, 2.05) is 72.8 Å². The van der Waals surface area contributed by atoms with Crippen LogP contribution in [0.5, 0.6) is 28.7 Å². The number of rotatable bonds is 9. The van der Waals surface area contributed by atoms with E-state index in [1.54, 1.807) is 24.3 Å². The molecule has 0 aromatic heterocycles. The van der Waals surface area contributed by atoms with Crippen LogP contribution in [0.25, 0.3) is 16.8 Å². The lowest BCUT2D eigenvalue weighted by molar-refractivity contribution is -0.161. The molecule has 1 saturated carbocycles. The highest BCUT2D eigenvalue weighted by Crippen LogP contribution is 2.54. The van der Waals surface area contributed by atoms with Crippen molar-refractivity contribution in [2.24, 2.45) is 11.3 Å². The Balaban J connectivity index is 1.31. The van der Waals surface area contributed by atoms with E-state index in [-0.39, 0.29) is 41.9 Å². The van der Waals surface area contributed by atoms with Crippen LogP contribution in [-0.4, -0.2) is 53.7 Å². The number of carbonyl (C=O) groups excluding carboxylic acids is 2. The van der Waals surface area contributed by atoms with Crippen LogP contribution >= 0.6 is 0 Å². The summed E-state index contributed by atoms with van der Waals surface area (Å²) in [6.07, 6.45) is 5.47. The van der Waals surface area contributed by atoms with Gasteiger partial charge in [0.1, 0.15) is 18.0 Å². The van der Waals surface area contributed by atoms with Crippen molar-refractivity contribution in [3.05, 3.63) is 131 Å². The number of ether oxygens (including phenoxy) is 4. The van der Waals surface area contributed by atoms with Crippen molar-refractivity contribution in [2.75, 3.05) is 14.2 Å². The predicted octanol–water partition coefficient (Wildman–Crippen LogP) is 8.44. The Morgan fingerprint density at radius 1 is 0.782 bits per heavy atom. The number of phenols is 3. The summed E-state index contributed by atoms with van der Waals surface area (Å²) in [6.45, 7) is 1.41. The fourth-order valence-electron chi connectivity index (χ4n) is 8.71. The monoisotopic (exact) mass is 742 g/mol. The summed E-state index contributed by atoms with van der Waals surface area (Å²) < 4.78 is 23.6. The minimum absolute atomic E-state index is 0.0215.